The number of benzene rings is 2. The molecule has 150 valence electrons. The van der Waals surface area contributed by atoms with E-state index in [0.29, 0.717) is 12.0 Å². The Labute approximate surface area is 172 Å². The van der Waals surface area contributed by atoms with E-state index in [-0.39, 0.29) is 39.4 Å². The van der Waals surface area contributed by atoms with Crippen molar-refractivity contribution in [2.45, 2.75) is 19.0 Å². The number of methoxy groups -OCH3 is 1. The van der Waals surface area contributed by atoms with Crippen LogP contribution in [-0.2, 0) is 16.4 Å². The van der Waals surface area contributed by atoms with Gasteiger partial charge in [0, 0.05) is 23.7 Å². The van der Waals surface area contributed by atoms with Crippen LogP contribution in [0.1, 0.15) is 22.3 Å². The molecule has 0 spiro atoms. The average Bonchev–Trinajstić information content (AvgIpc) is 2.99. The zero-order valence-corrected chi connectivity index (χ0v) is 17.3. The molecule has 1 aliphatic heterocycles. The van der Waals surface area contributed by atoms with Crippen LogP contribution in [-0.4, -0.2) is 43.9 Å². The maximum atomic E-state index is 14.2. The number of hydrogen-bond donors (Lipinski definition) is 0. The number of halogens is 3. The Kier molecular flexibility index (Phi) is 6.17. The monoisotopic (exact) mass is 445 g/mol. The van der Waals surface area contributed by atoms with Gasteiger partial charge in [-0.05, 0) is 24.6 Å². The number of carbonyl (C=O) groups is 1. The highest BCUT2D eigenvalue weighted by molar-refractivity contribution is 7.91. The molecule has 1 aliphatic rings. The Morgan fingerprint density at radius 2 is 1.89 bits per heavy atom. The van der Waals surface area contributed by atoms with Crippen molar-refractivity contribution < 1.29 is 22.3 Å². The van der Waals surface area contributed by atoms with E-state index in [0.717, 1.165) is 0 Å². The number of rotatable bonds is 5. The summed E-state index contributed by atoms with van der Waals surface area (Å²) >= 11 is 12.3. The molecule has 28 heavy (non-hydrogen) atoms. The summed E-state index contributed by atoms with van der Waals surface area (Å²) < 4.78 is 43.1. The normalized spacial score (nSPS) is 18.1. The van der Waals surface area contributed by atoms with Crippen LogP contribution < -0.4 is 4.74 Å². The van der Waals surface area contributed by atoms with Gasteiger partial charge < -0.3 is 9.64 Å². The number of amides is 1. The quantitative estimate of drug-likeness (QED) is 0.698. The van der Waals surface area contributed by atoms with Crippen molar-refractivity contribution in [1.82, 2.24) is 4.90 Å². The predicted octanol–water partition coefficient (Wildman–Crippen LogP) is 3.97. The number of nitrogens with zero attached hydrogens (tertiary/aromatic N) is 1. The van der Waals surface area contributed by atoms with E-state index < -0.39 is 27.6 Å². The maximum Gasteiger partial charge on any atom is 0.254 e. The molecule has 0 aromatic heterocycles. The lowest BCUT2D eigenvalue weighted by molar-refractivity contribution is 0.0679. The van der Waals surface area contributed by atoms with Crippen molar-refractivity contribution in [3.63, 3.8) is 0 Å². The Bertz CT molecular complexity index is 990. The molecule has 2 aromatic rings. The molecule has 0 aliphatic carbocycles. The topological polar surface area (TPSA) is 63.7 Å². The molecule has 3 rings (SSSR count). The van der Waals surface area contributed by atoms with E-state index in [2.05, 4.69) is 0 Å². The van der Waals surface area contributed by atoms with Gasteiger partial charge in [-0.25, -0.2) is 12.8 Å². The highest BCUT2D eigenvalue weighted by Crippen LogP contribution is 2.35. The highest BCUT2D eigenvalue weighted by atomic mass is 35.5. The van der Waals surface area contributed by atoms with Gasteiger partial charge in [-0.15, -0.1) is 0 Å². The summed E-state index contributed by atoms with van der Waals surface area (Å²) in [6.07, 6.45) is 0.292. The summed E-state index contributed by atoms with van der Waals surface area (Å²) in [6, 6.07) is 8.33. The number of ether oxygens (including phenoxy) is 1. The third-order valence-corrected chi connectivity index (χ3v) is 6.97. The van der Waals surface area contributed by atoms with Crippen LogP contribution >= 0.6 is 23.2 Å². The van der Waals surface area contributed by atoms with Crippen LogP contribution in [0.3, 0.4) is 0 Å². The van der Waals surface area contributed by atoms with Crippen LogP contribution in [0.4, 0.5) is 4.39 Å². The lowest BCUT2D eigenvalue weighted by atomic mass is 10.1. The van der Waals surface area contributed by atoms with Crippen molar-refractivity contribution in [2.24, 2.45) is 0 Å². The summed E-state index contributed by atoms with van der Waals surface area (Å²) in [5.74, 6) is -0.874. The number of sulfone groups is 1. The molecule has 0 unspecified atom stereocenters. The molecule has 1 fully saturated rings. The standard InChI is InChI=1S/C19H18Cl2FNO4S/c1-27-18-15(20)8-13(9-16(18)21)19(24)23(14-6-7-28(25,26)11-14)10-12-4-2-3-5-17(12)22/h2-5,8-9,14H,6-7,10-11H2,1H3/t14-/m0/s1. The van der Waals surface area contributed by atoms with E-state index in [1.54, 1.807) is 18.2 Å². The second-order valence-corrected chi connectivity index (χ2v) is 9.60. The first kappa shape index (κ1) is 20.9. The fourth-order valence-corrected chi connectivity index (χ4v) is 5.61. The molecule has 0 bridgehead atoms. The smallest absolute Gasteiger partial charge is 0.254 e. The molecule has 0 radical (unpaired) electrons. The Morgan fingerprint density at radius 3 is 2.43 bits per heavy atom. The van der Waals surface area contributed by atoms with Crippen molar-refractivity contribution in [3.8, 4) is 5.75 Å². The van der Waals surface area contributed by atoms with Gasteiger partial charge in [-0.1, -0.05) is 41.4 Å². The molecule has 1 atom stereocenters. The van der Waals surface area contributed by atoms with Crippen molar-refractivity contribution in [2.75, 3.05) is 18.6 Å². The molecule has 0 N–H and O–H groups in total. The molecule has 1 heterocycles. The highest BCUT2D eigenvalue weighted by Gasteiger charge is 2.35. The summed E-state index contributed by atoms with van der Waals surface area (Å²) in [7, 11) is -1.84. The fourth-order valence-electron chi connectivity index (χ4n) is 3.24. The van der Waals surface area contributed by atoms with Gasteiger partial charge in [-0.2, -0.15) is 0 Å². The molecular weight excluding hydrogens is 428 g/mol. The van der Waals surface area contributed by atoms with E-state index in [1.807, 2.05) is 0 Å². The predicted molar refractivity (Wildman–Crippen MR) is 106 cm³/mol. The van der Waals surface area contributed by atoms with Gasteiger partial charge in [-0.3, -0.25) is 4.79 Å². The first-order valence-corrected chi connectivity index (χ1v) is 11.1. The third-order valence-electron chi connectivity index (χ3n) is 4.66. The van der Waals surface area contributed by atoms with Gasteiger partial charge in [0.1, 0.15) is 5.82 Å². The SMILES string of the molecule is COc1c(Cl)cc(C(=O)N(Cc2ccccc2F)[C@H]2CCS(=O)(=O)C2)cc1Cl. The third kappa shape index (κ3) is 4.42. The van der Waals surface area contributed by atoms with E-state index in [9.17, 15) is 17.6 Å². The van der Waals surface area contributed by atoms with E-state index >= 15 is 0 Å². The molecular formula is C19H18Cl2FNO4S. The minimum atomic E-state index is -3.25. The van der Waals surface area contributed by atoms with Gasteiger partial charge in [0.15, 0.2) is 15.6 Å². The Morgan fingerprint density at radius 1 is 1.25 bits per heavy atom. The first-order valence-electron chi connectivity index (χ1n) is 8.49. The first-order chi connectivity index (χ1) is 13.2. The number of hydrogen-bond acceptors (Lipinski definition) is 4. The van der Waals surface area contributed by atoms with Crippen LogP contribution in [0, 0.1) is 5.82 Å². The largest absolute Gasteiger partial charge is 0.494 e. The maximum absolute atomic E-state index is 14.2. The minimum Gasteiger partial charge on any atom is -0.494 e. The summed E-state index contributed by atoms with van der Waals surface area (Å²) in [5.41, 5.74) is 0.474. The number of carbonyl (C=O) groups excluding carboxylic acids is 1. The Balaban J connectivity index is 1.99. The molecule has 1 saturated heterocycles. The molecule has 5 nitrogen and oxygen atoms in total. The molecule has 1 amide bonds. The van der Waals surface area contributed by atoms with E-state index in [4.69, 9.17) is 27.9 Å². The van der Waals surface area contributed by atoms with Crippen LogP contribution in [0.25, 0.3) is 0 Å². The molecule has 9 heteroatoms. The van der Waals surface area contributed by atoms with Gasteiger partial charge in [0.2, 0.25) is 0 Å². The second kappa shape index (κ2) is 8.27. The second-order valence-electron chi connectivity index (χ2n) is 6.55. The Hall–Kier alpha value is -1.83. The zero-order chi connectivity index (χ0) is 20.5. The lowest BCUT2D eigenvalue weighted by Crippen LogP contribution is -2.40. The summed E-state index contributed by atoms with van der Waals surface area (Å²) in [6.45, 7) is -0.0625. The van der Waals surface area contributed by atoms with Crippen molar-refractivity contribution in [1.29, 1.82) is 0 Å². The van der Waals surface area contributed by atoms with Gasteiger partial charge >= 0.3 is 0 Å². The van der Waals surface area contributed by atoms with Crippen LogP contribution in [0.5, 0.6) is 5.75 Å². The average molecular weight is 446 g/mol. The lowest BCUT2D eigenvalue weighted by Gasteiger charge is -2.29. The van der Waals surface area contributed by atoms with Crippen molar-refractivity contribution in [3.05, 3.63) is 63.4 Å². The van der Waals surface area contributed by atoms with Crippen LogP contribution in [0.2, 0.25) is 10.0 Å². The van der Waals surface area contributed by atoms with Crippen LogP contribution in [0.15, 0.2) is 36.4 Å². The van der Waals surface area contributed by atoms with Gasteiger partial charge in [0.05, 0.1) is 28.7 Å². The summed E-state index contributed by atoms with van der Waals surface area (Å²) in [4.78, 5) is 14.6. The van der Waals surface area contributed by atoms with Gasteiger partial charge in [0.25, 0.3) is 5.91 Å². The van der Waals surface area contributed by atoms with E-state index in [1.165, 1.54) is 30.2 Å². The summed E-state index contributed by atoms with van der Waals surface area (Å²) in [5, 5.41) is 0.312. The minimum absolute atomic E-state index is 0.0111. The molecule has 2 aromatic carbocycles. The van der Waals surface area contributed by atoms with Crippen molar-refractivity contribution >= 4 is 38.9 Å². The molecule has 0 saturated carbocycles. The fraction of sp³-hybridized carbons (Fsp3) is 0.316. The zero-order valence-electron chi connectivity index (χ0n) is 15.0.